The summed E-state index contributed by atoms with van der Waals surface area (Å²) in [5, 5.41) is 5.87. The fourth-order valence-electron chi connectivity index (χ4n) is 3.58. The summed E-state index contributed by atoms with van der Waals surface area (Å²) in [5.41, 5.74) is 2.45. The predicted octanol–water partition coefficient (Wildman–Crippen LogP) is 8.40. The van der Waals surface area contributed by atoms with Gasteiger partial charge in [-0.05, 0) is 53.6 Å². The number of alkyl halides is 3. The summed E-state index contributed by atoms with van der Waals surface area (Å²) >= 11 is 0. The summed E-state index contributed by atoms with van der Waals surface area (Å²) in [6, 6.07) is 15.2. The third-order valence-corrected chi connectivity index (χ3v) is 5.61. The molecular weight excluding hydrogens is 437 g/mol. The molecule has 34 heavy (non-hydrogen) atoms. The van der Waals surface area contributed by atoms with E-state index in [-0.39, 0.29) is 17.2 Å². The fourth-order valence-corrected chi connectivity index (χ4v) is 3.58. The molecule has 2 aromatic carbocycles. The third-order valence-electron chi connectivity index (χ3n) is 5.61. The smallest absolute Gasteiger partial charge is 0.340 e. The maximum absolute atomic E-state index is 13.6. The van der Waals surface area contributed by atoms with Crippen molar-refractivity contribution in [2.75, 3.05) is 10.6 Å². The molecule has 7 heteroatoms. The number of aryl methyl sites for hydroxylation is 1. The Balaban J connectivity index is 1.79. The molecular formula is C27H33F3N4. The Bertz CT molecular complexity index is 1070. The number of halogens is 3. The zero-order chi connectivity index (χ0) is 24.8. The quantitative estimate of drug-likeness (QED) is 0.308. The van der Waals surface area contributed by atoms with Gasteiger partial charge < -0.3 is 10.6 Å². The summed E-state index contributed by atoms with van der Waals surface area (Å²) in [4.78, 5) is 8.07. The van der Waals surface area contributed by atoms with Crippen molar-refractivity contribution >= 4 is 23.1 Å². The largest absolute Gasteiger partial charge is 0.421 e. The Labute approximate surface area is 200 Å². The highest BCUT2D eigenvalue weighted by atomic mass is 19.4. The van der Waals surface area contributed by atoms with Crippen molar-refractivity contribution in [2.24, 2.45) is 0 Å². The molecule has 2 N–H and O–H groups in total. The number of nitrogens with one attached hydrogen (secondary N) is 2. The lowest BCUT2D eigenvalue weighted by Gasteiger charge is -2.20. The molecule has 1 aromatic heterocycles. The Morgan fingerprint density at radius 2 is 1.59 bits per heavy atom. The van der Waals surface area contributed by atoms with Crippen LogP contribution in [0.25, 0.3) is 0 Å². The van der Waals surface area contributed by atoms with E-state index in [1.54, 1.807) is 6.07 Å². The number of aromatic nitrogens is 2. The van der Waals surface area contributed by atoms with Gasteiger partial charge in [0.1, 0.15) is 11.4 Å². The van der Waals surface area contributed by atoms with Crippen LogP contribution in [0.1, 0.15) is 70.1 Å². The van der Waals surface area contributed by atoms with Gasteiger partial charge in [-0.1, -0.05) is 71.2 Å². The van der Waals surface area contributed by atoms with Crippen LogP contribution in [0.5, 0.6) is 0 Å². The van der Waals surface area contributed by atoms with Gasteiger partial charge in [-0.25, -0.2) is 4.98 Å². The molecule has 0 aliphatic heterocycles. The number of hydrogen-bond acceptors (Lipinski definition) is 4. The zero-order valence-corrected chi connectivity index (χ0v) is 20.3. The van der Waals surface area contributed by atoms with Crippen LogP contribution in [0.3, 0.4) is 0 Å². The summed E-state index contributed by atoms with van der Waals surface area (Å²) in [6.07, 6.45) is 2.04. The molecule has 0 spiro atoms. The number of nitrogens with zero attached hydrogens (tertiary/aromatic N) is 2. The van der Waals surface area contributed by atoms with E-state index in [2.05, 4.69) is 48.3 Å². The van der Waals surface area contributed by atoms with Gasteiger partial charge in [-0.2, -0.15) is 18.2 Å². The van der Waals surface area contributed by atoms with E-state index in [1.165, 1.54) is 24.8 Å². The van der Waals surface area contributed by atoms with Crippen molar-refractivity contribution in [3.63, 3.8) is 0 Å². The molecule has 0 bridgehead atoms. The van der Waals surface area contributed by atoms with Gasteiger partial charge in [0.15, 0.2) is 0 Å². The fraction of sp³-hybridized carbons (Fsp3) is 0.407. The zero-order valence-electron chi connectivity index (χ0n) is 20.3. The van der Waals surface area contributed by atoms with E-state index in [0.29, 0.717) is 5.69 Å². The van der Waals surface area contributed by atoms with Crippen molar-refractivity contribution in [3.8, 4) is 0 Å². The van der Waals surface area contributed by atoms with Gasteiger partial charge in [-0.3, -0.25) is 0 Å². The van der Waals surface area contributed by atoms with E-state index in [0.717, 1.165) is 30.3 Å². The van der Waals surface area contributed by atoms with Crippen molar-refractivity contribution in [2.45, 2.75) is 71.4 Å². The van der Waals surface area contributed by atoms with E-state index in [9.17, 15) is 13.2 Å². The Morgan fingerprint density at radius 1 is 0.853 bits per heavy atom. The molecule has 0 aliphatic carbocycles. The van der Waals surface area contributed by atoms with Crippen LogP contribution >= 0.6 is 0 Å². The minimum absolute atomic E-state index is 0.0955. The van der Waals surface area contributed by atoms with Gasteiger partial charge >= 0.3 is 6.18 Å². The third kappa shape index (κ3) is 7.20. The molecule has 3 rings (SSSR count). The standard InChI is InChI=1S/C27H33F3N4/c1-5-6-7-8-10-19-13-15-21(16-14-19)33-25-31-18-23(27(28,29)30)24(34-25)32-22-12-9-11-20(17-22)26(2,3)4/h9,11-18H,5-8,10H2,1-4H3,(H2,31,32,33,34). The van der Waals surface area contributed by atoms with E-state index >= 15 is 0 Å². The van der Waals surface area contributed by atoms with Gasteiger partial charge in [0.25, 0.3) is 0 Å². The first-order chi connectivity index (χ1) is 16.1. The van der Waals surface area contributed by atoms with E-state index in [1.807, 2.05) is 42.5 Å². The average Bonchev–Trinajstić information content (AvgIpc) is 2.77. The van der Waals surface area contributed by atoms with Crippen LogP contribution in [0.4, 0.5) is 36.3 Å². The first-order valence-electron chi connectivity index (χ1n) is 11.7. The van der Waals surface area contributed by atoms with Crippen molar-refractivity contribution in [3.05, 3.63) is 71.4 Å². The summed E-state index contributed by atoms with van der Waals surface area (Å²) in [5.74, 6) is -0.193. The molecule has 182 valence electrons. The molecule has 0 radical (unpaired) electrons. The van der Waals surface area contributed by atoms with Crippen LogP contribution < -0.4 is 10.6 Å². The summed E-state index contributed by atoms with van der Waals surface area (Å²) < 4.78 is 40.9. The minimum atomic E-state index is -4.58. The lowest BCUT2D eigenvalue weighted by Crippen LogP contribution is -2.14. The van der Waals surface area contributed by atoms with Crippen LogP contribution in [0, 0.1) is 0 Å². The Kier molecular flexibility index (Phi) is 8.18. The lowest BCUT2D eigenvalue weighted by atomic mass is 9.87. The van der Waals surface area contributed by atoms with Gasteiger partial charge in [0.05, 0.1) is 0 Å². The molecule has 0 aliphatic rings. The van der Waals surface area contributed by atoms with Crippen LogP contribution in [-0.2, 0) is 18.0 Å². The Hall–Kier alpha value is -3.09. The van der Waals surface area contributed by atoms with Crippen molar-refractivity contribution in [1.82, 2.24) is 9.97 Å². The predicted molar refractivity (Wildman–Crippen MR) is 133 cm³/mol. The molecule has 1 heterocycles. The van der Waals surface area contributed by atoms with Crippen LogP contribution in [-0.4, -0.2) is 9.97 Å². The highest BCUT2D eigenvalue weighted by Crippen LogP contribution is 2.36. The maximum atomic E-state index is 13.6. The first-order valence-corrected chi connectivity index (χ1v) is 11.7. The maximum Gasteiger partial charge on any atom is 0.421 e. The number of anilines is 4. The van der Waals surface area contributed by atoms with Crippen molar-refractivity contribution < 1.29 is 13.2 Å². The molecule has 0 fully saturated rings. The highest BCUT2D eigenvalue weighted by Gasteiger charge is 2.35. The monoisotopic (exact) mass is 470 g/mol. The lowest BCUT2D eigenvalue weighted by molar-refractivity contribution is -0.137. The van der Waals surface area contributed by atoms with E-state index in [4.69, 9.17) is 0 Å². The topological polar surface area (TPSA) is 49.8 Å². The molecule has 4 nitrogen and oxygen atoms in total. The minimum Gasteiger partial charge on any atom is -0.340 e. The highest BCUT2D eigenvalue weighted by molar-refractivity contribution is 5.63. The second-order valence-corrected chi connectivity index (χ2v) is 9.54. The van der Waals surface area contributed by atoms with Crippen molar-refractivity contribution in [1.29, 1.82) is 0 Å². The summed E-state index contributed by atoms with van der Waals surface area (Å²) in [6.45, 7) is 8.34. The van der Waals surface area contributed by atoms with Gasteiger partial charge in [0, 0.05) is 17.6 Å². The molecule has 0 saturated carbocycles. The molecule has 3 aromatic rings. The molecule has 0 atom stereocenters. The van der Waals surface area contributed by atoms with Crippen LogP contribution in [0.2, 0.25) is 0 Å². The number of benzene rings is 2. The Morgan fingerprint density at radius 3 is 2.24 bits per heavy atom. The second-order valence-electron chi connectivity index (χ2n) is 9.54. The summed E-state index contributed by atoms with van der Waals surface area (Å²) in [7, 11) is 0. The average molecular weight is 471 g/mol. The number of unbranched alkanes of at least 4 members (excludes halogenated alkanes) is 3. The molecule has 0 unspecified atom stereocenters. The van der Waals surface area contributed by atoms with Gasteiger partial charge in [0.2, 0.25) is 5.95 Å². The first kappa shape index (κ1) is 25.5. The number of rotatable bonds is 9. The second kappa shape index (κ2) is 10.9. The van der Waals surface area contributed by atoms with E-state index < -0.39 is 11.7 Å². The normalized spacial score (nSPS) is 12.0. The van der Waals surface area contributed by atoms with Gasteiger partial charge in [-0.15, -0.1) is 0 Å². The SMILES string of the molecule is CCCCCCc1ccc(Nc2ncc(C(F)(F)F)c(Nc3cccc(C(C)(C)C)c3)n2)cc1. The molecule has 0 amide bonds. The number of hydrogen-bond donors (Lipinski definition) is 2. The molecule has 0 saturated heterocycles. The van der Waals surface area contributed by atoms with Crippen LogP contribution in [0.15, 0.2) is 54.7 Å².